The Kier molecular flexibility index (Phi) is 3.93. The summed E-state index contributed by atoms with van der Waals surface area (Å²) < 4.78 is 14.3. The number of hydrogen-bond donors (Lipinski definition) is 0. The van der Waals surface area contributed by atoms with Gasteiger partial charge in [-0.25, -0.2) is 19.3 Å². The zero-order chi connectivity index (χ0) is 18.7. The van der Waals surface area contributed by atoms with Gasteiger partial charge in [-0.1, -0.05) is 28.1 Å². The zero-order valence-electron chi connectivity index (χ0n) is 14.4. The first-order valence-corrected chi connectivity index (χ1v) is 9.77. The number of amides is 2. The van der Waals surface area contributed by atoms with E-state index in [1.165, 1.54) is 17.0 Å². The maximum Gasteiger partial charge on any atom is 0.253 e. The molecule has 5 rings (SSSR count). The minimum Gasteiger partial charge on any atom is -0.274 e. The van der Waals surface area contributed by atoms with Crippen LogP contribution in [0.15, 0.2) is 53.0 Å². The first kappa shape index (κ1) is 17.0. The molecule has 0 spiro atoms. The molecule has 0 bridgehead atoms. The van der Waals surface area contributed by atoms with Crippen molar-refractivity contribution in [3.8, 4) is 0 Å². The Hall–Kier alpha value is -2.09. The SMILES string of the molecule is O=C1[C@H]2[C@@H](c3ccc(F)cc3)N3CCCN3[C@H]2C(=O)N1c1ccc(Br)cc1. The maximum atomic E-state index is 13.4. The minimum atomic E-state index is -0.487. The van der Waals surface area contributed by atoms with Crippen LogP contribution in [0.4, 0.5) is 10.1 Å². The molecule has 27 heavy (non-hydrogen) atoms. The summed E-state index contributed by atoms with van der Waals surface area (Å²) in [5.41, 5.74) is 1.46. The molecule has 0 aliphatic carbocycles. The number of hydrazine groups is 1. The number of nitrogens with zero attached hydrogens (tertiary/aromatic N) is 3. The highest BCUT2D eigenvalue weighted by atomic mass is 79.9. The number of hydrogen-bond acceptors (Lipinski definition) is 4. The van der Waals surface area contributed by atoms with Gasteiger partial charge in [-0.05, 0) is 48.4 Å². The Morgan fingerprint density at radius 3 is 2.15 bits per heavy atom. The molecule has 0 saturated carbocycles. The summed E-state index contributed by atoms with van der Waals surface area (Å²) in [5.74, 6) is -1.15. The van der Waals surface area contributed by atoms with E-state index < -0.39 is 12.0 Å². The number of carbonyl (C=O) groups excluding carboxylic acids is 2. The number of benzene rings is 2. The molecule has 2 aromatic carbocycles. The van der Waals surface area contributed by atoms with Crippen LogP contribution in [-0.4, -0.2) is 41.0 Å². The van der Waals surface area contributed by atoms with Crippen LogP contribution in [-0.2, 0) is 9.59 Å². The molecule has 3 aliphatic heterocycles. The first-order chi connectivity index (χ1) is 13.1. The Labute approximate surface area is 164 Å². The summed E-state index contributed by atoms with van der Waals surface area (Å²) in [7, 11) is 0. The highest BCUT2D eigenvalue weighted by Gasteiger charge is 2.62. The van der Waals surface area contributed by atoms with Gasteiger partial charge in [0.15, 0.2) is 0 Å². The van der Waals surface area contributed by atoms with Crippen LogP contribution in [0.3, 0.4) is 0 Å². The van der Waals surface area contributed by atoms with E-state index in [-0.39, 0.29) is 23.7 Å². The molecule has 138 valence electrons. The third-order valence-electron chi connectivity index (χ3n) is 5.70. The highest BCUT2D eigenvalue weighted by molar-refractivity contribution is 9.10. The summed E-state index contributed by atoms with van der Waals surface area (Å²) in [6.45, 7) is 1.56. The van der Waals surface area contributed by atoms with Crippen molar-refractivity contribution in [1.82, 2.24) is 10.0 Å². The van der Waals surface area contributed by atoms with E-state index in [4.69, 9.17) is 0 Å². The second kappa shape index (κ2) is 6.22. The normalized spacial score (nSPS) is 28.1. The molecule has 2 amide bonds. The third kappa shape index (κ3) is 2.49. The molecule has 2 aromatic rings. The van der Waals surface area contributed by atoms with Crippen molar-refractivity contribution in [1.29, 1.82) is 0 Å². The quantitative estimate of drug-likeness (QED) is 0.687. The van der Waals surface area contributed by atoms with Crippen LogP contribution in [0.1, 0.15) is 18.0 Å². The molecule has 0 N–H and O–H groups in total. The molecule has 3 atom stereocenters. The summed E-state index contributed by atoms with van der Waals surface area (Å²) >= 11 is 3.38. The fourth-order valence-corrected chi connectivity index (χ4v) is 4.88. The van der Waals surface area contributed by atoms with Crippen LogP contribution in [0.25, 0.3) is 0 Å². The van der Waals surface area contributed by atoms with Crippen LogP contribution in [0.2, 0.25) is 0 Å². The van der Waals surface area contributed by atoms with Gasteiger partial charge in [0.2, 0.25) is 5.91 Å². The highest BCUT2D eigenvalue weighted by Crippen LogP contribution is 2.48. The molecule has 7 heteroatoms. The number of carbonyl (C=O) groups is 2. The number of anilines is 1. The van der Waals surface area contributed by atoms with Gasteiger partial charge in [0.25, 0.3) is 5.91 Å². The van der Waals surface area contributed by atoms with Crippen molar-refractivity contribution in [2.75, 3.05) is 18.0 Å². The number of rotatable bonds is 2. The molecule has 0 unspecified atom stereocenters. The fraction of sp³-hybridized carbons (Fsp3) is 0.300. The van der Waals surface area contributed by atoms with Crippen molar-refractivity contribution in [3.63, 3.8) is 0 Å². The van der Waals surface area contributed by atoms with E-state index in [1.54, 1.807) is 24.3 Å². The van der Waals surface area contributed by atoms with E-state index in [0.717, 1.165) is 29.5 Å². The summed E-state index contributed by atoms with van der Waals surface area (Å²) in [6.07, 6.45) is 0.945. The monoisotopic (exact) mass is 429 g/mol. The van der Waals surface area contributed by atoms with Crippen molar-refractivity contribution >= 4 is 33.4 Å². The van der Waals surface area contributed by atoms with Crippen molar-refractivity contribution in [2.24, 2.45) is 5.92 Å². The molecule has 0 aromatic heterocycles. The van der Waals surface area contributed by atoms with Crippen LogP contribution < -0.4 is 4.90 Å². The summed E-state index contributed by atoms with van der Waals surface area (Å²) in [4.78, 5) is 27.9. The molecule has 3 saturated heterocycles. The van der Waals surface area contributed by atoms with Crippen molar-refractivity contribution in [2.45, 2.75) is 18.5 Å². The van der Waals surface area contributed by atoms with Gasteiger partial charge < -0.3 is 0 Å². The lowest BCUT2D eigenvalue weighted by atomic mass is 9.90. The smallest absolute Gasteiger partial charge is 0.253 e. The Balaban J connectivity index is 1.57. The molecule has 0 radical (unpaired) electrons. The van der Waals surface area contributed by atoms with Gasteiger partial charge in [-0.15, -0.1) is 0 Å². The Morgan fingerprint density at radius 2 is 1.48 bits per heavy atom. The molecular weight excluding hydrogens is 413 g/mol. The topological polar surface area (TPSA) is 43.9 Å². The zero-order valence-corrected chi connectivity index (χ0v) is 16.0. The third-order valence-corrected chi connectivity index (χ3v) is 6.23. The van der Waals surface area contributed by atoms with E-state index in [9.17, 15) is 14.0 Å². The maximum absolute atomic E-state index is 13.4. The average Bonchev–Trinajstić information content (AvgIpc) is 3.30. The lowest BCUT2D eigenvalue weighted by molar-refractivity contribution is -0.126. The Bertz CT molecular complexity index is 918. The molecule has 5 nitrogen and oxygen atoms in total. The Morgan fingerprint density at radius 1 is 0.852 bits per heavy atom. The molecule has 3 aliphatic rings. The van der Waals surface area contributed by atoms with E-state index in [0.29, 0.717) is 5.69 Å². The van der Waals surface area contributed by atoms with Gasteiger partial charge in [0.05, 0.1) is 17.6 Å². The van der Waals surface area contributed by atoms with Crippen LogP contribution in [0, 0.1) is 11.7 Å². The number of halogens is 2. The largest absolute Gasteiger partial charge is 0.274 e. The fourth-order valence-electron chi connectivity index (χ4n) is 4.62. The van der Waals surface area contributed by atoms with Crippen molar-refractivity contribution < 1.29 is 14.0 Å². The second-order valence-corrected chi connectivity index (χ2v) is 8.05. The average molecular weight is 430 g/mol. The molecule has 3 heterocycles. The van der Waals surface area contributed by atoms with Gasteiger partial charge in [0.1, 0.15) is 11.9 Å². The number of imide groups is 1. The van der Waals surface area contributed by atoms with E-state index in [1.807, 2.05) is 17.1 Å². The van der Waals surface area contributed by atoms with Crippen LogP contribution in [0.5, 0.6) is 0 Å². The van der Waals surface area contributed by atoms with Crippen molar-refractivity contribution in [3.05, 3.63) is 64.4 Å². The summed E-state index contributed by atoms with van der Waals surface area (Å²) in [6, 6.07) is 12.7. The molecule has 3 fully saturated rings. The predicted molar refractivity (Wildman–Crippen MR) is 101 cm³/mol. The van der Waals surface area contributed by atoms with Crippen LogP contribution >= 0.6 is 15.9 Å². The van der Waals surface area contributed by atoms with Gasteiger partial charge in [-0.2, -0.15) is 0 Å². The second-order valence-electron chi connectivity index (χ2n) is 7.14. The lowest BCUT2D eigenvalue weighted by Gasteiger charge is -2.29. The predicted octanol–water partition coefficient (Wildman–Crippen LogP) is 3.12. The summed E-state index contributed by atoms with van der Waals surface area (Å²) in [5, 5.41) is 4.16. The van der Waals surface area contributed by atoms with E-state index >= 15 is 0 Å². The number of fused-ring (bicyclic) bond motifs is 3. The molecular formula is C20H17BrFN3O2. The first-order valence-electron chi connectivity index (χ1n) is 8.98. The van der Waals surface area contributed by atoms with Gasteiger partial charge in [-0.3, -0.25) is 9.59 Å². The van der Waals surface area contributed by atoms with E-state index in [2.05, 4.69) is 20.9 Å². The van der Waals surface area contributed by atoms with Gasteiger partial charge in [0, 0.05) is 17.6 Å². The van der Waals surface area contributed by atoms with Gasteiger partial charge >= 0.3 is 0 Å². The standard InChI is InChI=1S/C20H17BrFN3O2/c21-13-4-8-15(9-5-13)25-19(26)16-17(12-2-6-14(22)7-3-12)23-10-1-11-24(23)18(16)20(25)27/h2-9,16-18H,1,10-11H2/t16-,17+,18+/m0/s1. The minimum absolute atomic E-state index is 0.177. The lowest BCUT2D eigenvalue weighted by Crippen LogP contribution is -2.44.